The Labute approximate surface area is 122 Å². The van der Waals surface area contributed by atoms with Crippen LogP contribution in [0, 0.1) is 5.82 Å². The first kappa shape index (κ1) is 14.1. The van der Waals surface area contributed by atoms with Crippen LogP contribution in [0.25, 0.3) is 0 Å². The highest BCUT2D eigenvalue weighted by Crippen LogP contribution is 2.28. The predicted molar refractivity (Wildman–Crippen MR) is 77.8 cm³/mol. The minimum Gasteiger partial charge on any atom is -0.383 e. The SMILES string of the molecule is O=c1cc([C@H]2CCN[C@@H](CCc3ccc(F)cc3)C2)o[nH]1. The summed E-state index contributed by atoms with van der Waals surface area (Å²) in [5, 5.41) is 5.86. The first-order valence-electron chi connectivity index (χ1n) is 7.37. The van der Waals surface area contributed by atoms with Crippen molar-refractivity contribution in [2.75, 3.05) is 6.54 Å². The van der Waals surface area contributed by atoms with Crippen LogP contribution in [-0.2, 0) is 6.42 Å². The van der Waals surface area contributed by atoms with E-state index in [-0.39, 0.29) is 11.4 Å². The fourth-order valence-corrected chi connectivity index (χ4v) is 2.98. The molecule has 1 aliphatic rings. The molecule has 0 bridgehead atoms. The average molecular weight is 290 g/mol. The monoisotopic (exact) mass is 290 g/mol. The van der Waals surface area contributed by atoms with Crippen LogP contribution in [0.4, 0.5) is 4.39 Å². The summed E-state index contributed by atoms with van der Waals surface area (Å²) in [6.07, 6.45) is 3.86. The van der Waals surface area contributed by atoms with Crippen LogP contribution in [0.5, 0.6) is 0 Å². The Morgan fingerprint density at radius 1 is 1.29 bits per heavy atom. The van der Waals surface area contributed by atoms with Gasteiger partial charge in [0.1, 0.15) is 11.6 Å². The molecule has 0 amide bonds. The van der Waals surface area contributed by atoms with E-state index in [9.17, 15) is 9.18 Å². The molecule has 5 heteroatoms. The molecule has 2 atom stereocenters. The van der Waals surface area contributed by atoms with Crippen LogP contribution < -0.4 is 10.9 Å². The number of aromatic nitrogens is 1. The van der Waals surface area contributed by atoms with E-state index in [1.165, 1.54) is 12.1 Å². The molecular formula is C16H19FN2O2. The number of H-pyrrole nitrogens is 1. The van der Waals surface area contributed by atoms with Gasteiger partial charge in [-0.25, -0.2) is 4.39 Å². The number of rotatable bonds is 4. The van der Waals surface area contributed by atoms with Gasteiger partial charge in [0.15, 0.2) is 0 Å². The molecule has 0 spiro atoms. The quantitative estimate of drug-likeness (QED) is 0.910. The molecule has 1 aromatic heterocycles. The molecule has 0 aliphatic carbocycles. The standard InChI is InChI=1S/C16H19FN2O2/c17-13-4-1-11(2-5-13)3-6-14-9-12(7-8-18-14)15-10-16(20)19-21-15/h1-2,4-5,10,12,14,18H,3,6-9H2,(H,19,20)/t12-,14-/m0/s1. The lowest BCUT2D eigenvalue weighted by Gasteiger charge is -2.29. The fourth-order valence-electron chi connectivity index (χ4n) is 2.98. The second kappa shape index (κ2) is 6.26. The van der Waals surface area contributed by atoms with E-state index in [1.54, 1.807) is 6.07 Å². The minimum atomic E-state index is -0.197. The zero-order valence-corrected chi connectivity index (χ0v) is 11.8. The number of halogens is 1. The number of nitrogens with one attached hydrogen (secondary N) is 2. The van der Waals surface area contributed by atoms with Crippen LogP contribution in [-0.4, -0.2) is 17.7 Å². The molecule has 2 heterocycles. The number of piperidine rings is 1. The second-order valence-electron chi connectivity index (χ2n) is 5.65. The summed E-state index contributed by atoms with van der Waals surface area (Å²) in [6, 6.07) is 8.62. The third-order valence-electron chi connectivity index (χ3n) is 4.13. The van der Waals surface area contributed by atoms with E-state index >= 15 is 0 Å². The first-order valence-corrected chi connectivity index (χ1v) is 7.37. The molecule has 4 nitrogen and oxygen atoms in total. The Hall–Kier alpha value is -1.88. The largest absolute Gasteiger partial charge is 0.383 e. The molecular weight excluding hydrogens is 271 g/mol. The highest BCUT2D eigenvalue weighted by Gasteiger charge is 2.25. The Morgan fingerprint density at radius 3 is 2.81 bits per heavy atom. The van der Waals surface area contributed by atoms with Gasteiger partial charge in [-0.2, -0.15) is 5.16 Å². The number of hydrogen-bond donors (Lipinski definition) is 2. The number of benzene rings is 1. The van der Waals surface area contributed by atoms with E-state index in [0.29, 0.717) is 12.0 Å². The topological polar surface area (TPSA) is 58.0 Å². The zero-order valence-electron chi connectivity index (χ0n) is 11.8. The van der Waals surface area contributed by atoms with E-state index in [1.807, 2.05) is 12.1 Å². The average Bonchev–Trinajstić information content (AvgIpc) is 2.94. The molecule has 112 valence electrons. The van der Waals surface area contributed by atoms with Gasteiger partial charge in [-0.05, 0) is 49.9 Å². The summed E-state index contributed by atoms with van der Waals surface area (Å²) in [5.41, 5.74) is 0.972. The molecule has 21 heavy (non-hydrogen) atoms. The maximum atomic E-state index is 12.9. The first-order chi connectivity index (χ1) is 10.2. The van der Waals surface area contributed by atoms with Crippen molar-refractivity contribution in [1.29, 1.82) is 0 Å². The maximum Gasteiger partial charge on any atom is 0.280 e. The lowest BCUT2D eigenvalue weighted by Crippen LogP contribution is -2.37. The fraction of sp³-hybridized carbons (Fsp3) is 0.438. The van der Waals surface area contributed by atoms with Gasteiger partial charge in [-0.3, -0.25) is 4.79 Å². The normalized spacial score (nSPS) is 22.3. The Kier molecular flexibility index (Phi) is 4.20. The minimum absolute atomic E-state index is 0.175. The van der Waals surface area contributed by atoms with Gasteiger partial charge in [0.25, 0.3) is 5.56 Å². The molecule has 3 rings (SSSR count). The molecule has 2 aromatic rings. The van der Waals surface area contributed by atoms with Crippen molar-refractivity contribution in [3.8, 4) is 0 Å². The Balaban J connectivity index is 1.56. The zero-order chi connectivity index (χ0) is 14.7. The summed E-state index contributed by atoms with van der Waals surface area (Å²) >= 11 is 0. The third kappa shape index (κ3) is 3.61. The highest BCUT2D eigenvalue weighted by molar-refractivity contribution is 5.16. The lowest BCUT2D eigenvalue weighted by molar-refractivity contribution is 0.287. The van der Waals surface area contributed by atoms with Crippen molar-refractivity contribution in [1.82, 2.24) is 10.5 Å². The van der Waals surface area contributed by atoms with Gasteiger partial charge in [0.05, 0.1) is 0 Å². The molecule has 1 aromatic carbocycles. The van der Waals surface area contributed by atoms with E-state index in [0.717, 1.165) is 43.6 Å². The van der Waals surface area contributed by atoms with Crippen LogP contribution in [0.3, 0.4) is 0 Å². The van der Waals surface area contributed by atoms with Crippen LogP contribution in [0.15, 0.2) is 39.6 Å². The van der Waals surface area contributed by atoms with Gasteiger partial charge in [-0.15, -0.1) is 0 Å². The van der Waals surface area contributed by atoms with Crippen LogP contribution >= 0.6 is 0 Å². The second-order valence-corrected chi connectivity index (χ2v) is 5.65. The lowest BCUT2D eigenvalue weighted by atomic mass is 9.88. The van der Waals surface area contributed by atoms with Gasteiger partial charge in [0, 0.05) is 18.0 Å². The number of aromatic amines is 1. The molecule has 2 N–H and O–H groups in total. The predicted octanol–water partition coefficient (Wildman–Crippen LogP) is 2.58. The van der Waals surface area contributed by atoms with Crippen molar-refractivity contribution >= 4 is 0 Å². The molecule has 1 fully saturated rings. The number of hydrogen-bond acceptors (Lipinski definition) is 3. The van der Waals surface area contributed by atoms with E-state index in [4.69, 9.17) is 4.52 Å². The van der Waals surface area contributed by atoms with Gasteiger partial charge < -0.3 is 9.84 Å². The summed E-state index contributed by atoms with van der Waals surface area (Å²) in [6.45, 7) is 0.924. The Morgan fingerprint density at radius 2 is 2.10 bits per heavy atom. The molecule has 0 radical (unpaired) electrons. The summed E-state index contributed by atoms with van der Waals surface area (Å²) in [7, 11) is 0. The van der Waals surface area contributed by atoms with Crippen LogP contribution in [0.2, 0.25) is 0 Å². The van der Waals surface area contributed by atoms with Crippen molar-refractivity contribution < 1.29 is 8.91 Å². The highest BCUT2D eigenvalue weighted by atomic mass is 19.1. The van der Waals surface area contributed by atoms with Crippen molar-refractivity contribution in [3.63, 3.8) is 0 Å². The molecule has 1 aliphatic heterocycles. The number of aryl methyl sites for hydroxylation is 1. The summed E-state index contributed by atoms with van der Waals surface area (Å²) in [4.78, 5) is 11.2. The molecule has 0 unspecified atom stereocenters. The van der Waals surface area contributed by atoms with Gasteiger partial charge in [0.2, 0.25) is 0 Å². The smallest absolute Gasteiger partial charge is 0.280 e. The van der Waals surface area contributed by atoms with E-state index < -0.39 is 0 Å². The van der Waals surface area contributed by atoms with E-state index in [2.05, 4.69) is 10.5 Å². The Bertz CT molecular complexity index is 632. The van der Waals surface area contributed by atoms with Gasteiger partial charge in [-0.1, -0.05) is 12.1 Å². The van der Waals surface area contributed by atoms with Crippen molar-refractivity contribution in [2.24, 2.45) is 0 Å². The molecule has 1 saturated heterocycles. The van der Waals surface area contributed by atoms with Crippen molar-refractivity contribution in [2.45, 2.75) is 37.6 Å². The van der Waals surface area contributed by atoms with Crippen LogP contribution in [0.1, 0.15) is 36.5 Å². The van der Waals surface area contributed by atoms with Gasteiger partial charge >= 0.3 is 0 Å². The summed E-state index contributed by atoms with van der Waals surface area (Å²) < 4.78 is 18.1. The van der Waals surface area contributed by atoms with Crippen molar-refractivity contribution in [3.05, 3.63) is 57.8 Å². The maximum absolute atomic E-state index is 12.9. The third-order valence-corrected chi connectivity index (χ3v) is 4.13. The molecule has 0 saturated carbocycles. The summed E-state index contributed by atoms with van der Waals surface area (Å²) in [5.74, 6) is 0.855.